The molecule has 3 rings (SSSR count). The van der Waals surface area contributed by atoms with E-state index < -0.39 is 14.4 Å². The smallest absolute Gasteiger partial charge is 0.334 e. The van der Waals surface area contributed by atoms with Crippen molar-refractivity contribution in [2.24, 2.45) is 0 Å². The van der Waals surface area contributed by atoms with Crippen molar-refractivity contribution in [2.45, 2.75) is 64.5 Å². The van der Waals surface area contributed by atoms with Crippen LogP contribution in [-0.4, -0.2) is 33.6 Å². The molecule has 1 aliphatic rings. The average molecular weight is 453 g/mol. The van der Waals surface area contributed by atoms with Crippen LogP contribution in [0.3, 0.4) is 0 Å². The van der Waals surface area contributed by atoms with Gasteiger partial charge >= 0.3 is 5.97 Å². The van der Waals surface area contributed by atoms with Crippen LogP contribution in [0, 0.1) is 0 Å². The van der Waals surface area contributed by atoms with E-state index in [4.69, 9.17) is 13.9 Å². The Balaban J connectivity index is 1.73. The summed E-state index contributed by atoms with van der Waals surface area (Å²) in [5.41, 5.74) is 4.58. The van der Waals surface area contributed by atoms with E-state index >= 15 is 0 Å². The van der Waals surface area contributed by atoms with Gasteiger partial charge in [0.15, 0.2) is 8.32 Å². The van der Waals surface area contributed by atoms with Gasteiger partial charge in [0.2, 0.25) is 0 Å². The van der Waals surface area contributed by atoms with Gasteiger partial charge in [-0.15, -0.1) is 0 Å². The van der Waals surface area contributed by atoms with Crippen molar-refractivity contribution in [3.63, 3.8) is 0 Å². The predicted molar refractivity (Wildman–Crippen MR) is 132 cm³/mol. The topological polar surface area (TPSA) is 44.8 Å². The van der Waals surface area contributed by atoms with Crippen molar-refractivity contribution in [2.75, 3.05) is 13.2 Å². The van der Waals surface area contributed by atoms with Gasteiger partial charge < -0.3 is 13.9 Å². The second-order valence-corrected chi connectivity index (χ2v) is 14.7. The summed E-state index contributed by atoms with van der Waals surface area (Å²) in [5, 5.41) is 0.00431. The van der Waals surface area contributed by atoms with Crippen LogP contribution in [0.2, 0.25) is 18.1 Å². The monoisotopic (exact) mass is 452 g/mol. The Morgan fingerprint density at radius 2 is 1.72 bits per heavy atom. The van der Waals surface area contributed by atoms with Crippen LogP contribution in [0.15, 0.2) is 60.7 Å². The molecule has 0 amide bonds. The molecule has 2 aromatic rings. The van der Waals surface area contributed by atoms with Crippen LogP contribution in [-0.2, 0) is 31.7 Å². The Kier molecular flexibility index (Phi) is 8.09. The quantitative estimate of drug-likeness (QED) is 0.355. The molecule has 5 heteroatoms. The molecule has 32 heavy (non-hydrogen) atoms. The molecule has 1 heterocycles. The zero-order valence-electron chi connectivity index (χ0n) is 20.0. The number of esters is 1. The molecule has 2 aromatic carbocycles. The molecule has 172 valence electrons. The van der Waals surface area contributed by atoms with Crippen molar-refractivity contribution in [3.05, 3.63) is 77.4 Å². The van der Waals surface area contributed by atoms with Gasteiger partial charge in [-0.05, 0) is 46.8 Å². The molecule has 0 fully saturated rings. The van der Waals surface area contributed by atoms with E-state index in [0.717, 1.165) is 24.2 Å². The highest BCUT2D eigenvalue weighted by Gasteiger charge is 2.41. The van der Waals surface area contributed by atoms with E-state index in [9.17, 15) is 4.79 Å². The largest absolute Gasteiger partial charge is 0.459 e. The minimum atomic E-state index is -2.15. The van der Waals surface area contributed by atoms with Gasteiger partial charge in [-0.1, -0.05) is 81.4 Å². The fourth-order valence-corrected chi connectivity index (χ4v) is 4.63. The van der Waals surface area contributed by atoms with E-state index in [2.05, 4.69) is 64.2 Å². The number of rotatable bonds is 8. The summed E-state index contributed by atoms with van der Waals surface area (Å²) in [5.74, 6) is -0.296. The van der Waals surface area contributed by atoms with Crippen LogP contribution in [0.4, 0.5) is 0 Å². The van der Waals surface area contributed by atoms with Gasteiger partial charge in [0.05, 0.1) is 13.2 Å². The summed E-state index contributed by atoms with van der Waals surface area (Å²) >= 11 is 0. The van der Waals surface area contributed by atoms with Crippen LogP contribution in [0.25, 0.3) is 5.57 Å². The lowest BCUT2D eigenvalue weighted by atomic mass is 9.99. The number of ether oxygens (including phenoxy) is 2. The number of carbonyl (C=O) groups is 1. The third kappa shape index (κ3) is 6.64. The van der Waals surface area contributed by atoms with Crippen molar-refractivity contribution in [3.8, 4) is 0 Å². The van der Waals surface area contributed by atoms with Crippen molar-refractivity contribution in [1.82, 2.24) is 0 Å². The van der Waals surface area contributed by atoms with Gasteiger partial charge in [-0.3, -0.25) is 0 Å². The molecule has 0 radical (unpaired) electrons. The van der Waals surface area contributed by atoms with Gasteiger partial charge in [0.1, 0.15) is 12.7 Å². The molecule has 1 atom stereocenters. The first-order valence-corrected chi connectivity index (χ1v) is 14.3. The van der Waals surface area contributed by atoms with E-state index in [-0.39, 0.29) is 17.6 Å². The highest BCUT2D eigenvalue weighted by Crippen LogP contribution is 2.38. The Morgan fingerprint density at radius 3 is 2.31 bits per heavy atom. The average Bonchev–Trinajstić information content (AvgIpc) is 2.78. The molecule has 0 saturated carbocycles. The highest BCUT2D eigenvalue weighted by molar-refractivity contribution is 6.74. The summed E-state index contributed by atoms with van der Waals surface area (Å²) in [7, 11) is -2.15. The van der Waals surface area contributed by atoms with Crippen LogP contribution >= 0.6 is 0 Å². The number of hydrogen-bond acceptors (Lipinski definition) is 4. The Labute approximate surface area is 193 Å². The maximum absolute atomic E-state index is 13.1. The Hall–Kier alpha value is -2.21. The standard InChI is InChI=1S/C27H36O4Si/c1-27(2,3)32(4,5)31-25(26(28)30-20-22-9-7-6-8-10-22)19-21-11-13-23(14-12-21)24-15-17-29-18-16-24/h6-15,25H,16-20H2,1-5H3/t25-/m1/s1. The van der Waals surface area contributed by atoms with Gasteiger partial charge in [0.25, 0.3) is 0 Å². The number of benzene rings is 2. The Bertz CT molecular complexity index is 911. The van der Waals surface area contributed by atoms with Crippen molar-refractivity contribution >= 4 is 19.9 Å². The molecule has 1 aliphatic heterocycles. The van der Waals surface area contributed by atoms with E-state index in [1.165, 1.54) is 11.1 Å². The van der Waals surface area contributed by atoms with E-state index in [1.54, 1.807) is 0 Å². The Morgan fingerprint density at radius 1 is 1.03 bits per heavy atom. The van der Waals surface area contributed by atoms with Crippen molar-refractivity contribution in [1.29, 1.82) is 0 Å². The number of hydrogen-bond donors (Lipinski definition) is 0. The third-order valence-electron chi connectivity index (χ3n) is 6.44. The first-order chi connectivity index (χ1) is 15.2. The molecule has 0 spiro atoms. The van der Waals surface area contributed by atoms with Gasteiger partial charge in [-0.2, -0.15) is 0 Å². The summed E-state index contributed by atoms with van der Waals surface area (Å²) in [6.07, 6.45) is 2.96. The van der Waals surface area contributed by atoms with E-state index in [1.807, 2.05) is 30.3 Å². The highest BCUT2D eigenvalue weighted by atomic mass is 28.4. The summed E-state index contributed by atoms with van der Waals surface area (Å²) in [6.45, 7) is 12.6. The fourth-order valence-electron chi connectivity index (χ4n) is 3.39. The minimum absolute atomic E-state index is 0.00431. The molecular formula is C27H36O4Si. The predicted octanol–water partition coefficient (Wildman–Crippen LogP) is 6.17. The molecule has 0 aromatic heterocycles. The molecule has 4 nitrogen and oxygen atoms in total. The minimum Gasteiger partial charge on any atom is -0.459 e. The van der Waals surface area contributed by atoms with Crippen LogP contribution in [0.1, 0.15) is 43.9 Å². The summed E-state index contributed by atoms with van der Waals surface area (Å²) in [4.78, 5) is 13.1. The normalized spacial score (nSPS) is 15.7. The first-order valence-electron chi connectivity index (χ1n) is 11.4. The molecule has 0 bridgehead atoms. The molecule has 0 aliphatic carbocycles. The van der Waals surface area contributed by atoms with E-state index in [0.29, 0.717) is 13.0 Å². The van der Waals surface area contributed by atoms with Crippen LogP contribution in [0.5, 0.6) is 0 Å². The maximum Gasteiger partial charge on any atom is 0.334 e. The summed E-state index contributed by atoms with van der Waals surface area (Å²) in [6, 6.07) is 18.2. The second-order valence-electron chi connectivity index (χ2n) is 9.92. The third-order valence-corrected chi connectivity index (χ3v) is 10.9. The summed E-state index contributed by atoms with van der Waals surface area (Å²) < 4.78 is 17.6. The lowest BCUT2D eigenvalue weighted by Gasteiger charge is -2.38. The lowest BCUT2D eigenvalue weighted by molar-refractivity contribution is -0.153. The SMILES string of the molecule is CC(C)(C)[Si](C)(C)O[C@H](Cc1ccc(C2=CCOCC2)cc1)C(=O)OCc1ccccc1. The lowest BCUT2D eigenvalue weighted by Crippen LogP contribution is -2.47. The molecule has 0 saturated heterocycles. The second kappa shape index (κ2) is 10.6. The van der Waals surface area contributed by atoms with Crippen molar-refractivity contribution < 1.29 is 18.7 Å². The zero-order chi connectivity index (χ0) is 23.2. The molecular weight excluding hydrogens is 416 g/mol. The fraction of sp³-hybridized carbons (Fsp3) is 0.444. The zero-order valence-corrected chi connectivity index (χ0v) is 21.0. The maximum atomic E-state index is 13.1. The number of carbonyl (C=O) groups excluding carboxylic acids is 1. The van der Waals surface area contributed by atoms with Gasteiger partial charge in [-0.25, -0.2) is 4.79 Å². The van der Waals surface area contributed by atoms with Crippen LogP contribution < -0.4 is 0 Å². The first kappa shape index (κ1) is 24.4. The van der Waals surface area contributed by atoms with Gasteiger partial charge in [0, 0.05) is 6.42 Å². The molecule has 0 unspecified atom stereocenters. The molecule has 0 N–H and O–H groups in total.